The van der Waals surface area contributed by atoms with E-state index in [1.807, 2.05) is 0 Å². The Morgan fingerprint density at radius 2 is 1.75 bits per heavy atom. The number of hydrogen-bond acceptors (Lipinski definition) is 2. The number of ether oxygens (including phenoxy) is 2. The molecule has 88 valence electrons. The van der Waals surface area contributed by atoms with Crippen molar-refractivity contribution in [2.45, 2.75) is 46.3 Å². The molecule has 1 aromatic rings. The molecule has 1 aliphatic rings. The standard InChI is InChI=1S/C14H20O2/c1-8-7-11(13-14(4,5)16-13)9(2)10(3)12(8)15-6/h7,13H,1-6H3. The lowest BCUT2D eigenvalue weighted by Crippen LogP contribution is -2.02. The molecule has 1 fully saturated rings. The minimum Gasteiger partial charge on any atom is -0.496 e. The Balaban J connectivity index is 2.49. The van der Waals surface area contributed by atoms with Crippen LogP contribution in [0.4, 0.5) is 0 Å². The summed E-state index contributed by atoms with van der Waals surface area (Å²) in [6.07, 6.45) is 0.246. The summed E-state index contributed by atoms with van der Waals surface area (Å²) in [4.78, 5) is 0. The van der Waals surface area contributed by atoms with Crippen LogP contribution in [0.2, 0.25) is 0 Å². The van der Waals surface area contributed by atoms with Crippen LogP contribution in [-0.2, 0) is 4.74 Å². The van der Waals surface area contributed by atoms with Gasteiger partial charge in [0.2, 0.25) is 0 Å². The summed E-state index contributed by atoms with van der Waals surface area (Å²) in [6.45, 7) is 10.6. The maximum absolute atomic E-state index is 5.71. The van der Waals surface area contributed by atoms with E-state index in [4.69, 9.17) is 9.47 Å². The first kappa shape index (κ1) is 11.5. The second kappa shape index (κ2) is 3.49. The molecule has 0 spiro atoms. The molecule has 1 heterocycles. The molecule has 16 heavy (non-hydrogen) atoms. The molecule has 2 rings (SSSR count). The van der Waals surface area contributed by atoms with Gasteiger partial charge in [0, 0.05) is 0 Å². The van der Waals surface area contributed by atoms with Gasteiger partial charge >= 0.3 is 0 Å². The Morgan fingerprint density at radius 3 is 2.19 bits per heavy atom. The molecule has 1 unspecified atom stereocenters. The Bertz CT molecular complexity index is 433. The molecular formula is C14H20O2. The monoisotopic (exact) mass is 220 g/mol. The Kier molecular flexibility index (Phi) is 2.50. The van der Waals surface area contributed by atoms with E-state index in [2.05, 4.69) is 40.7 Å². The van der Waals surface area contributed by atoms with Crippen molar-refractivity contribution in [3.8, 4) is 5.75 Å². The molecule has 0 aliphatic carbocycles. The number of methoxy groups -OCH3 is 1. The van der Waals surface area contributed by atoms with E-state index in [0.717, 1.165) is 5.75 Å². The molecule has 2 nitrogen and oxygen atoms in total. The zero-order valence-electron chi connectivity index (χ0n) is 11.0. The summed E-state index contributed by atoms with van der Waals surface area (Å²) in [5, 5.41) is 0. The van der Waals surface area contributed by atoms with E-state index >= 15 is 0 Å². The van der Waals surface area contributed by atoms with Gasteiger partial charge in [0.15, 0.2) is 0 Å². The molecular weight excluding hydrogens is 200 g/mol. The molecule has 0 saturated carbocycles. The summed E-state index contributed by atoms with van der Waals surface area (Å²) >= 11 is 0. The molecule has 1 aliphatic heterocycles. The molecule has 0 aromatic heterocycles. The first-order chi connectivity index (χ1) is 7.38. The van der Waals surface area contributed by atoms with Crippen molar-refractivity contribution < 1.29 is 9.47 Å². The fourth-order valence-corrected chi connectivity index (χ4v) is 2.38. The van der Waals surface area contributed by atoms with E-state index < -0.39 is 0 Å². The number of benzene rings is 1. The quantitative estimate of drug-likeness (QED) is 0.712. The van der Waals surface area contributed by atoms with Crippen molar-refractivity contribution >= 4 is 0 Å². The summed E-state index contributed by atoms with van der Waals surface area (Å²) in [7, 11) is 1.73. The van der Waals surface area contributed by atoms with Crippen molar-refractivity contribution in [2.24, 2.45) is 0 Å². The highest BCUT2D eigenvalue weighted by atomic mass is 16.6. The first-order valence-corrected chi connectivity index (χ1v) is 5.71. The number of aryl methyl sites for hydroxylation is 1. The van der Waals surface area contributed by atoms with Crippen molar-refractivity contribution in [3.63, 3.8) is 0 Å². The smallest absolute Gasteiger partial charge is 0.124 e. The third kappa shape index (κ3) is 1.61. The summed E-state index contributed by atoms with van der Waals surface area (Å²) in [5.74, 6) is 1.000. The predicted molar refractivity (Wildman–Crippen MR) is 65.1 cm³/mol. The Labute approximate surface area is 97.6 Å². The maximum atomic E-state index is 5.71. The lowest BCUT2D eigenvalue weighted by Gasteiger charge is -2.15. The van der Waals surface area contributed by atoms with Crippen LogP contribution in [0.5, 0.6) is 5.75 Å². The SMILES string of the molecule is COc1c(C)cc(C2OC2(C)C)c(C)c1C. The van der Waals surface area contributed by atoms with Gasteiger partial charge in [0.1, 0.15) is 11.9 Å². The van der Waals surface area contributed by atoms with E-state index in [9.17, 15) is 0 Å². The first-order valence-electron chi connectivity index (χ1n) is 5.71. The molecule has 0 amide bonds. The van der Waals surface area contributed by atoms with Crippen LogP contribution < -0.4 is 4.74 Å². The highest BCUT2D eigenvalue weighted by Crippen LogP contribution is 2.51. The summed E-state index contributed by atoms with van der Waals surface area (Å²) in [5.41, 5.74) is 5.01. The van der Waals surface area contributed by atoms with Crippen molar-refractivity contribution in [3.05, 3.63) is 28.3 Å². The lowest BCUT2D eigenvalue weighted by atomic mass is 9.93. The van der Waals surface area contributed by atoms with E-state index in [0.29, 0.717) is 0 Å². The number of rotatable bonds is 2. The topological polar surface area (TPSA) is 21.8 Å². The van der Waals surface area contributed by atoms with Gasteiger partial charge in [0.25, 0.3) is 0 Å². The predicted octanol–water partition coefficient (Wildman–Crippen LogP) is 3.47. The number of hydrogen-bond donors (Lipinski definition) is 0. The van der Waals surface area contributed by atoms with E-state index in [-0.39, 0.29) is 11.7 Å². The summed E-state index contributed by atoms with van der Waals surface area (Å²) < 4.78 is 11.1. The van der Waals surface area contributed by atoms with Crippen LogP contribution in [0.15, 0.2) is 6.07 Å². The third-order valence-corrected chi connectivity index (χ3v) is 3.55. The van der Waals surface area contributed by atoms with E-state index in [1.165, 1.54) is 22.3 Å². The second-order valence-electron chi connectivity index (χ2n) is 5.17. The highest BCUT2D eigenvalue weighted by Gasteiger charge is 2.49. The van der Waals surface area contributed by atoms with Gasteiger partial charge < -0.3 is 9.47 Å². The third-order valence-electron chi connectivity index (χ3n) is 3.55. The van der Waals surface area contributed by atoms with Crippen molar-refractivity contribution in [1.29, 1.82) is 0 Å². The normalized spacial score (nSPS) is 22.0. The largest absolute Gasteiger partial charge is 0.496 e. The fraction of sp³-hybridized carbons (Fsp3) is 0.571. The Morgan fingerprint density at radius 1 is 1.19 bits per heavy atom. The van der Waals surface area contributed by atoms with Crippen molar-refractivity contribution in [2.75, 3.05) is 7.11 Å². The summed E-state index contributed by atoms with van der Waals surface area (Å²) in [6, 6.07) is 2.20. The molecule has 0 N–H and O–H groups in total. The molecule has 1 saturated heterocycles. The van der Waals surface area contributed by atoms with Crippen LogP contribution in [0.3, 0.4) is 0 Å². The van der Waals surface area contributed by atoms with Crippen LogP contribution in [0, 0.1) is 20.8 Å². The van der Waals surface area contributed by atoms with Crippen LogP contribution >= 0.6 is 0 Å². The van der Waals surface area contributed by atoms with Gasteiger partial charge in [-0.25, -0.2) is 0 Å². The van der Waals surface area contributed by atoms with Crippen molar-refractivity contribution in [1.82, 2.24) is 0 Å². The Hall–Kier alpha value is -1.02. The molecule has 0 bridgehead atoms. The fourth-order valence-electron chi connectivity index (χ4n) is 2.38. The van der Waals surface area contributed by atoms with Gasteiger partial charge in [-0.1, -0.05) is 0 Å². The highest BCUT2D eigenvalue weighted by molar-refractivity contribution is 5.51. The zero-order valence-corrected chi connectivity index (χ0v) is 11.0. The van der Waals surface area contributed by atoms with Gasteiger partial charge in [-0.15, -0.1) is 0 Å². The minimum atomic E-state index is -0.00176. The van der Waals surface area contributed by atoms with Crippen LogP contribution in [0.1, 0.15) is 42.2 Å². The zero-order chi connectivity index (χ0) is 12.1. The van der Waals surface area contributed by atoms with Crippen LogP contribution in [-0.4, -0.2) is 12.7 Å². The average molecular weight is 220 g/mol. The molecule has 1 aromatic carbocycles. The van der Waals surface area contributed by atoms with Crippen LogP contribution in [0.25, 0.3) is 0 Å². The molecule has 0 radical (unpaired) electrons. The van der Waals surface area contributed by atoms with Gasteiger partial charge in [-0.05, 0) is 62.9 Å². The van der Waals surface area contributed by atoms with Gasteiger partial charge in [0.05, 0.1) is 12.7 Å². The number of epoxide rings is 1. The minimum absolute atomic E-state index is 0.00176. The molecule has 1 atom stereocenters. The van der Waals surface area contributed by atoms with Gasteiger partial charge in [-0.2, -0.15) is 0 Å². The van der Waals surface area contributed by atoms with E-state index in [1.54, 1.807) is 7.11 Å². The second-order valence-corrected chi connectivity index (χ2v) is 5.17. The average Bonchev–Trinajstić information content (AvgIpc) is 2.82. The molecule has 2 heteroatoms. The lowest BCUT2D eigenvalue weighted by molar-refractivity contribution is 0.325. The van der Waals surface area contributed by atoms with Gasteiger partial charge in [-0.3, -0.25) is 0 Å². The maximum Gasteiger partial charge on any atom is 0.124 e.